The van der Waals surface area contributed by atoms with Gasteiger partial charge in [0, 0.05) is 17.2 Å². The maximum absolute atomic E-state index is 12.2. The van der Waals surface area contributed by atoms with Crippen LogP contribution in [0.15, 0.2) is 36.4 Å². The number of rotatable bonds is 3. The van der Waals surface area contributed by atoms with Crippen LogP contribution in [0.1, 0.15) is 11.1 Å². The average Bonchev–Trinajstić information content (AvgIpc) is 2.83. The lowest BCUT2D eigenvalue weighted by molar-refractivity contribution is -0.110. The smallest absolute Gasteiger partial charge is 0.256 e. The number of phenols is 1. The van der Waals surface area contributed by atoms with Gasteiger partial charge in [-0.05, 0) is 29.8 Å². The molecule has 0 saturated carbocycles. The minimum atomic E-state index is -0.182. The van der Waals surface area contributed by atoms with E-state index in [4.69, 9.17) is 9.47 Å². The maximum Gasteiger partial charge on any atom is 0.256 e. The van der Waals surface area contributed by atoms with Crippen LogP contribution in [0.2, 0.25) is 0 Å². The lowest BCUT2D eigenvalue weighted by Gasteiger charge is -2.09. The van der Waals surface area contributed by atoms with Crippen molar-refractivity contribution in [2.45, 2.75) is 0 Å². The molecule has 0 saturated heterocycles. The lowest BCUT2D eigenvalue weighted by Crippen LogP contribution is -2.03. The summed E-state index contributed by atoms with van der Waals surface area (Å²) in [7, 11) is 3.10. The Morgan fingerprint density at radius 2 is 1.68 bits per heavy atom. The molecule has 1 aliphatic heterocycles. The van der Waals surface area contributed by atoms with Gasteiger partial charge in [-0.2, -0.15) is 0 Å². The maximum atomic E-state index is 12.2. The van der Waals surface area contributed by atoms with Crippen LogP contribution in [-0.4, -0.2) is 25.2 Å². The first-order chi connectivity index (χ1) is 10.6. The molecule has 112 valence electrons. The third-order valence-corrected chi connectivity index (χ3v) is 3.51. The first-order valence-corrected chi connectivity index (χ1v) is 6.71. The topological polar surface area (TPSA) is 67.8 Å². The van der Waals surface area contributed by atoms with E-state index in [9.17, 15) is 9.90 Å². The second-order valence-electron chi connectivity index (χ2n) is 4.86. The molecule has 0 atom stereocenters. The van der Waals surface area contributed by atoms with E-state index >= 15 is 0 Å². The van der Waals surface area contributed by atoms with Gasteiger partial charge in [0.05, 0.1) is 19.9 Å². The van der Waals surface area contributed by atoms with Crippen molar-refractivity contribution < 1.29 is 19.4 Å². The summed E-state index contributed by atoms with van der Waals surface area (Å²) in [5.41, 5.74) is 2.82. The zero-order valence-corrected chi connectivity index (χ0v) is 12.2. The van der Waals surface area contributed by atoms with Crippen LogP contribution in [0.4, 0.5) is 5.69 Å². The minimum Gasteiger partial charge on any atom is -0.508 e. The van der Waals surface area contributed by atoms with E-state index in [1.54, 1.807) is 56.7 Å². The van der Waals surface area contributed by atoms with Gasteiger partial charge in [0.15, 0.2) is 11.5 Å². The standard InChI is InChI=1S/C17H15NO4/c1-21-15-8-12-13(7-10-3-5-11(19)6-4-10)17(20)18-14(12)9-16(15)22-2/h3-9,19H,1-2H3,(H,18,20)/b13-7+. The monoisotopic (exact) mass is 297 g/mol. The molecule has 1 aliphatic rings. The molecule has 2 aromatic carbocycles. The van der Waals surface area contributed by atoms with Crippen LogP contribution in [0.25, 0.3) is 11.6 Å². The van der Waals surface area contributed by atoms with Crippen LogP contribution in [0.5, 0.6) is 17.2 Å². The number of ether oxygens (including phenoxy) is 2. The molecule has 2 aromatic rings. The van der Waals surface area contributed by atoms with E-state index in [0.717, 1.165) is 11.1 Å². The van der Waals surface area contributed by atoms with Gasteiger partial charge >= 0.3 is 0 Å². The van der Waals surface area contributed by atoms with E-state index in [0.29, 0.717) is 22.8 Å². The number of phenolic OH excluding ortho intramolecular Hbond substituents is 1. The van der Waals surface area contributed by atoms with Gasteiger partial charge < -0.3 is 19.9 Å². The fraction of sp³-hybridized carbons (Fsp3) is 0.118. The van der Waals surface area contributed by atoms with Gasteiger partial charge in [-0.25, -0.2) is 0 Å². The summed E-state index contributed by atoms with van der Waals surface area (Å²) in [6.07, 6.45) is 1.77. The highest BCUT2D eigenvalue weighted by Gasteiger charge is 2.26. The number of nitrogens with one attached hydrogen (secondary N) is 1. The third-order valence-electron chi connectivity index (χ3n) is 3.51. The summed E-state index contributed by atoms with van der Waals surface area (Å²) in [4.78, 5) is 12.2. The van der Waals surface area contributed by atoms with Gasteiger partial charge in [-0.3, -0.25) is 4.79 Å². The normalized spacial score (nSPS) is 14.6. The number of fused-ring (bicyclic) bond motifs is 1. The van der Waals surface area contributed by atoms with Crippen molar-refractivity contribution in [3.8, 4) is 17.2 Å². The minimum absolute atomic E-state index is 0.182. The molecule has 1 amide bonds. The van der Waals surface area contributed by atoms with Crippen molar-refractivity contribution in [3.05, 3.63) is 47.5 Å². The molecule has 0 aromatic heterocycles. The Labute approximate surface area is 127 Å². The average molecular weight is 297 g/mol. The number of aromatic hydroxyl groups is 1. The first-order valence-electron chi connectivity index (χ1n) is 6.71. The second-order valence-corrected chi connectivity index (χ2v) is 4.86. The Morgan fingerprint density at radius 3 is 2.32 bits per heavy atom. The Morgan fingerprint density at radius 1 is 1.05 bits per heavy atom. The first kappa shape index (κ1) is 14.0. The Hall–Kier alpha value is -2.95. The van der Waals surface area contributed by atoms with E-state index in [1.165, 1.54) is 0 Å². The molecule has 0 spiro atoms. The number of amides is 1. The van der Waals surface area contributed by atoms with Crippen molar-refractivity contribution in [2.75, 3.05) is 19.5 Å². The third kappa shape index (κ3) is 2.37. The van der Waals surface area contributed by atoms with Gasteiger partial charge in [0.2, 0.25) is 0 Å². The Balaban J connectivity index is 2.09. The number of methoxy groups -OCH3 is 2. The summed E-state index contributed by atoms with van der Waals surface area (Å²) >= 11 is 0. The van der Waals surface area contributed by atoms with Crippen molar-refractivity contribution in [1.82, 2.24) is 0 Å². The quantitative estimate of drug-likeness (QED) is 0.855. The van der Waals surface area contributed by atoms with Gasteiger partial charge in [0.25, 0.3) is 5.91 Å². The number of carbonyl (C=O) groups excluding carboxylic acids is 1. The van der Waals surface area contributed by atoms with Crippen molar-refractivity contribution >= 4 is 23.2 Å². The highest BCUT2D eigenvalue weighted by Crippen LogP contribution is 2.41. The molecule has 2 N–H and O–H groups in total. The molecular weight excluding hydrogens is 282 g/mol. The van der Waals surface area contributed by atoms with Crippen molar-refractivity contribution in [2.24, 2.45) is 0 Å². The SMILES string of the molecule is COc1cc2c(cc1OC)/C(=C\c1ccc(O)cc1)C(=O)N2. The van der Waals surface area contributed by atoms with Crippen LogP contribution < -0.4 is 14.8 Å². The van der Waals surface area contributed by atoms with Crippen LogP contribution >= 0.6 is 0 Å². The largest absolute Gasteiger partial charge is 0.508 e. The lowest BCUT2D eigenvalue weighted by atomic mass is 10.0. The number of hydrogen-bond acceptors (Lipinski definition) is 4. The van der Waals surface area contributed by atoms with Gasteiger partial charge in [0.1, 0.15) is 5.75 Å². The molecule has 3 rings (SSSR count). The predicted octanol–water partition coefficient (Wildman–Crippen LogP) is 2.90. The molecule has 5 nitrogen and oxygen atoms in total. The summed E-state index contributed by atoms with van der Waals surface area (Å²) in [6, 6.07) is 10.2. The highest BCUT2D eigenvalue weighted by molar-refractivity contribution is 6.35. The number of hydrogen-bond donors (Lipinski definition) is 2. The van der Waals surface area contributed by atoms with Gasteiger partial charge in [-0.1, -0.05) is 12.1 Å². The fourth-order valence-corrected chi connectivity index (χ4v) is 2.40. The summed E-state index contributed by atoms with van der Waals surface area (Å²) < 4.78 is 10.5. The number of benzene rings is 2. The molecule has 22 heavy (non-hydrogen) atoms. The molecule has 0 fully saturated rings. The zero-order valence-electron chi connectivity index (χ0n) is 12.2. The Bertz CT molecular complexity index is 763. The van der Waals surface area contributed by atoms with E-state index in [1.807, 2.05) is 0 Å². The zero-order chi connectivity index (χ0) is 15.7. The fourth-order valence-electron chi connectivity index (χ4n) is 2.40. The van der Waals surface area contributed by atoms with Gasteiger partial charge in [-0.15, -0.1) is 0 Å². The second kappa shape index (κ2) is 5.44. The molecule has 0 aliphatic carbocycles. The highest BCUT2D eigenvalue weighted by atomic mass is 16.5. The van der Waals surface area contributed by atoms with Crippen molar-refractivity contribution in [1.29, 1.82) is 0 Å². The Kier molecular flexibility index (Phi) is 3.47. The van der Waals surface area contributed by atoms with E-state index in [2.05, 4.69) is 5.32 Å². The van der Waals surface area contributed by atoms with Crippen LogP contribution in [0, 0.1) is 0 Å². The van der Waals surface area contributed by atoms with Crippen LogP contribution in [0.3, 0.4) is 0 Å². The van der Waals surface area contributed by atoms with Crippen LogP contribution in [-0.2, 0) is 4.79 Å². The molecular formula is C17H15NO4. The number of carbonyl (C=O) groups is 1. The number of anilines is 1. The van der Waals surface area contributed by atoms with Crippen molar-refractivity contribution in [3.63, 3.8) is 0 Å². The molecule has 0 unspecified atom stereocenters. The predicted molar refractivity (Wildman–Crippen MR) is 84.2 cm³/mol. The molecule has 1 heterocycles. The summed E-state index contributed by atoms with van der Waals surface area (Å²) in [5, 5.41) is 12.1. The van der Waals surface area contributed by atoms with E-state index < -0.39 is 0 Å². The molecule has 5 heteroatoms. The summed E-state index contributed by atoms with van der Waals surface area (Å²) in [5.74, 6) is 1.13. The molecule has 0 radical (unpaired) electrons. The summed E-state index contributed by atoms with van der Waals surface area (Å²) in [6.45, 7) is 0. The molecule has 0 bridgehead atoms. The van der Waals surface area contributed by atoms with E-state index in [-0.39, 0.29) is 11.7 Å².